The summed E-state index contributed by atoms with van der Waals surface area (Å²) in [6.07, 6.45) is 3.12. The van der Waals surface area contributed by atoms with Crippen LogP contribution in [0.1, 0.15) is 29.5 Å². The quantitative estimate of drug-likeness (QED) is 0.852. The van der Waals surface area contributed by atoms with Crippen LogP contribution in [0.25, 0.3) is 0 Å². The largest absolute Gasteiger partial charge is 0.491 e. The molecule has 0 heterocycles. The van der Waals surface area contributed by atoms with Crippen LogP contribution in [0.2, 0.25) is 0 Å². The van der Waals surface area contributed by atoms with E-state index in [0.29, 0.717) is 12.3 Å². The third-order valence-corrected chi connectivity index (χ3v) is 5.56. The fourth-order valence-corrected chi connectivity index (χ4v) is 4.19. The van der Waals surface area contributed by atoms with Crippen molar-refractivity contribution in [3.63, 3.8) is 0 Å². The lowest BCUT2D eigenvalue weighted by Crippen LogP contribution is -2.27. The van der Waals surface area contributed by atoms with Crippen LogP contribution in [-0.4, -0.2) is 24.2 Å². The molecule has 0 radical (unpaired) electrons. The summed E-state index contributed by atoms with van der Waals surface area (Å²) in [5.74, 6) is 0.934. The van der Waals surface area contributed by atoms with E-state index in [1.165, 1.54) is 11.1 Å². The summed E-state index contributed by atoms with van der Waals surface area (Å²) in [5, 5.41) is 12.0. The van der Waals surface area contributed by atoms with Crippen molar-refractivity contribution in [1.29, 1.82) is 0 Å². The van der Waals surface area contributed by atoms with E-state index in [2.05, 4.69) is 29.6 Å². The molecule has 1 amide bonds. The van der Waals surface area contributed by atoms with Gasteiger partial charge in [-0.3, -0.25) is 4.79 Å². The molecule has 2 aliphatic carbocycles. The van der Waals surface area contributed by atoms with Gasteiger partial charge in [0.1, 0.15) is 12.4 Å². The molecular weight excluding hydrogens is 314 g/mol. The first-order chi connectivity index (χ1) is 12.2. The van der Waals surface area contributed by atoms with E-state index in [4.69, 9.17) is 9.84 Å². The molecule has 2 aromatic carbocycles. The van der Waals surface area contributed by atoms with Gasteiger partial charge in [0.05, 0.1) is 6.61 Å². The lowest BCUT2D eigenvalue weighted by molar-refractivity contribution is -0.122. The number of hydrogen-bond acceptors (Lipinski definition) is 3. The smallest absolute Gasteiger partial charge is 0.224 e. The van der Waals surface area contributed by atoms with Crippen LogP contribution in [0.15, 0.2) is 48.5 Å². The van der Waals surface area contributed by atoms with Crippen LogP contribution >= 0.6 is 0 Å². The van der Waals surface area contributed by atoms with Gasteiger partial charge in [0.15, 0.2) is 0 Å². The molecule has 0 saturated heterocycles. The number of carbonyl (C=O) groups is 1. The lowest BCUT2D eigenvalue weighted by atomic mass is 9.95. The number of aryl methyl sites for hydroxylation is 1. The second-order valence-corrected chi connectivity index (χ2v) is 6.97. The molecular formula is C21H23NO3. The number of para-hydroxylation sites is 1. The van der Waals surface area contributed by atoms with Gasteiger partial charge in [0.25, 0.3) is 0 Å². The molecule has 4 heteroatoms. The van der Waals surface area contributed by atoms with Crippen LogP contribution in [-0.2, 0) is 23.2 Å². The Morgan fingerprint density at radius 3 is 2.88 bits per heavy atom. The van der Waals surface area contributed by atoms with Gasteiger partial charge in [0.2, 0.25) is 5.91 Å². The number of nitrogens with one attached hydrogen (secondary N) is 1. The van der Waals surface area contributed by atoms with Gasteiger partial charge in [-0.25, -0.2) is 0 Å². The highest BCUT2D eigenvalue weighted by Crippen LogP contribution is 2.61. The molecule has 2 aliphatic rings. The zero-order valence-electron chi connectivity index (χ0n) is 14.2. The van der Waals surface area contributed by atoms with Crippen LogP contribution in [0, 0.1) is 5.92 Å². The number of ether oxygens (including phenoxy) is 1. The SMILES string of the molecule is O=C(NCc1ccccc1OCCO)[C@@H]1C[C@@]12CCc1ccccc12. The molecule has 4 nitrogen and oxygen atoms in total. The molecule has 2 aromatic rings. The maximum Gasteiger partial charge on any atom is 0.224 e. The first-order valence-corrected chi connectivity index (χ1v) is 8.92. The Morgan fingerprint density at radius 2 is 2.00 bits per heavy atom. The standard InChI is InChI=1S/C21H23NO3/c23-11-12-25-19-8-4-2-6-16(19)14-22-20(24)18-13-21(18)10-9-15-5-1-3-7-17(15)21/h1-8,18,23H,9-14H2,(H,22,24)/t18-,21+/m0/s1. The van der Waals surface area contributed by atoms with Gasteiger partial charge >= 0.3 is 0 Å². The van der Waals surface area contributed by atoms with Gasteiger partial charge in [-0.15, -0.1) is 0 Å². The van der Waals surface area contributed by atoms with E-state index in [9.17, 15) is 4.79 Å². The number of aliphatic hydroxyl groups excluding tert-OH is 1. The highest BCUT2D eigenvalue weighted by atomic mass is 16.5. The summed E-state index contributed by atoms with van der Waals surface area (Å²) in [6.45, 7) is 0.687. The van der Waals surface area contributed by atoms with Gasteiger partial charge < -0.3 is 15.2 Å². The molecule has 130 valence electrons. The van der Waals surface area contributed by atoms with Crippen molar-refractivity contribution in [1.82, 2.24) is 5.32 Å². The monoisotopic (exact) mass is 337 g/mol. The predicted octanol–water partition coefficient (Wildman–Crippen LogP) is 2.58. The van der Waals surface area contributed by atoms with Gasteiger partial charge in [0, 0.05) is 23.4 Å². The fourth-order valence-electron chi connectivity index (χ4n) is 4.19. The Bertz CT molecular complexity index is 788. The van der Waals surface area contributed by atoms with Crippen molar-refractivity contribution in [2.24, 2.45) is 5.92 Å². The third-order valence-electron chi connectivity index (χ3n) is 5.56. The molecule has 4 rings (SSSR count). The molecule has 0 unspecified atom stereocenters. The van der Waals surface area contributed by atoms with Crippen molar-refractivity contribution in [3.05, 3.63) is 65.2 Å². The topological polar surface area (TPSA) is 58.6 Å². The van der Waals surface area contributed by atoms with E-state index in [0.717, 1.165) is 24.8 Å². The minimum Gasteiger partial charge on any atom is -0.491 e. The van der Waals surface area contributed by atoms with E-state index in [1.807, 2.05) is 24.3 Å². The summed E-state index contributed by atoms with van der Waals surface area (Å²) in [7, 11) is 0. The summed E-state index contributed by atoms with van der Waals surface area (Å²) >= 11 is 0. The zero-order chi connectivity index (χ0) is 17.3. The maximum absolute atomic E-state index is 12.7. The van der Waals surface area contributed by atoms with E-state index in [1.54, 1.807) is 0 Å². The van der Waals surface area contributed by atoms with Gasteiger partial charge in [-0.05, 0) is 36.5 Å². The number of amides is 1. The fraction of sp³-hybridized carbons (Fsp3) is 0.381. The highest BCUT2D eigenvalue weighted by molar-refractivity contribution is 5.85. The summed E-state index contributed by atoms with van der Waals surface area (Å²) in [5.41, 5.74) is 3.79. The van der Waals surface area contributed by atoms with Crippen molar-refractivity contribution in [2.75, 3.05) is 13.2 Å². The number of carbonyl (C=O) groups excluding carboxylic acids is 1. The van der Waals surface area contributed by atoms with Crippen molar-refractivity contribution in [2.45, 2.75) is 31.2 Å². The maximum atomic E-state index is 12.7. The summed E-state index contributed by atoms with van der Waals surface area (Å²) in [6, 6.07) is 16.2. The Balaban J connectivity index is 1.40. The molecule has 1 saturated carbocycles. The first-order valence-electron chi connectivity index (χ1n) is 8.92. The number of fused-ring (bicyclic) bond motifs is 2. The molecule has 0 aliphatic heterocycles. The minimum absolute atomic E-state index is 0.0231. The number of benzene rings is 2. The molecule has 0 aromatic heterocycles. The molecule has 1 spiro atoms. The van der Waals surface area contributed by atoms with Gasteiger partial charge in [-0.1, -0.05) is 42.5 Å². The van der Waals surface area contributed by atoms with Crippen molar-refractivity contribution >= 4 is 5.91 Å². The van der Waals surface area contributed by atoms with Gasteiger partial charge in [-0.2, -0.15) is 0 Å². The Morgan fingerprint density at radius 1 is 1.20 bits per heavy atom. The lowest BCUT2D eigenvalue weighted by Gasteiger charge is -2.13. The van der Waals surface area contributed by atoms with Crippen LogP contribution in [0.4, 0.5) is 0 Å². The van der Waals surface area contributed by atoms with Crippen LogP contribution < -0.4 is 10.1 Å². The predicted molar refractivity (Wildman–Crippen MR) is 95.4 cm³/mol. The molecule has 2 atom stereocenters. The molecule has 25 heavy (non-hydrogen) atoms. The van der Waals surface area contributed by atoms with Crippen LogP contribution in [0.3, 0.4) is 0 Å². The Kier molecular flexibility index (Phi) is 4.22. The molecule has 1 fully saturated rings. The van der Waals surface area contributed by atoms with E-state index >= 15 is 0 Å². The van der Waals surface area contributed by atoms with E-state index < -0.39 is 0 Å². The Labute approximate surface area is 147 Å². The summed E-state index contributed by atoms with van der Waals surface area (Å²) in [4.78, 5) is 12.7. The molecule has 2 N–H and O–H groups in total. The first kappa shape index (κ1) is 16.2. The average Bonchev–Trinajstić information content (AvgIpc) is 3.27. The summed E-state index contributed by atoms with van der Waals surface area (Å²) < 4.78 is 5.53. The third kappa shape index (κ3) is 2.91. The minimum atomic E-state index is -0.0231. The highest BCUT2D eigenvalue weighted by Gasteiger charge is 2.61. The van der Waals surface area contributed by atoms with Crippen molar-refractivity contribution < 1.29 is 14.6 Å². The number of aliphatic hydroxyl groups is 1. The van der Waals surface area contributed by atoms with Crippen LogP contribution in [0.5, 0.6) is 5.75 Å². The second kappa shape index (κ2) is 6.52. The zero-order valence-corrected chi connectivity index (χ0v) is 14.2. The van der Waals surface area contributed by atoms with E-state index in [-0.39, 0.29) is 30.5 Å². The number of hydrogen-bond donors (Lipinski definition) is 2. The second-order valence-electron chi connectivity index (χ2n) is 6.97. The Hall–Kier alpha value is -2.33. The average molecular weight is 337 g/mol. The number of rotatable bonds is 6. The van der Waals surface area contributed by atoms with Crippen molar-refractivity contribution in [3.8, 4) is 5.75 Å². The molecule has 0 bridgehead atoms. The normalized spacial score (nSPS) is 23.3.